The topological polar surface area (TPSA) is 115 Å². The van der Waals surface area contributed by atoms with Gasteiger partial charge < -0.3 is 16.6 Å². The van der Waals surface area contributed by atoms with Crippen molar-refractivity contribution in [1.29, 1.82) is 0 Å². The number of nitrogens with two attached hydrogens (primary N) is 2. The van der Waals surface area contributed by atoms with Crippen LogP contribution in [0.1, 0.15) is 18.0 Å². The molecule has 0 heterocycles. The second-order valence-electron chi connectivity index (χ2n) is 3.31. The van der Waals surface area contributed by atoms with Gasteiger partial charge in [-0.15, -0.1) is 12.4 Å². The van der Waals surface area contributed by atoms with E-state index >= 15 is 0 Å². The Morgan fingerprint density at radius 2 is 2.12 bits per heavy atom. The van der Waals surface area contributed by atoms with Crippen molar-refractivity contribution in [3.8, 4) is 5.75 Å². The fraction of sp³-hybridized carbons (Fsp3) is 0.333. The minimum absolute atomic E-state index is 0. The molecule has 0 aromatic heterocycles. The third kappa shape index (κ3) is 3.52. The molecule has 0 aliphatic rings. The third-order valence-electron chi connectivity index (χ3n) is 2.17. The van der Waals surface area contributed by atoms with E-state index in [2.05, 4.69) is 0 Å². The van der Waals surface area contributed by atoms with Crippen molar-refractivity contribution in [3.63, 3.8) is 0 Å². The minimum atomic E-state index is -1.06. The second kappa shape index (κ2) is 6.33. The molecule has 1 rings (SSSR count). The molecule has 0 bridgehead atoms. The van der Waals surface area contributed by atoms with E-state index in [0.29, 0.717) is 12.5 Å². The summed E-state index contributed by atoms with van der Waals surface area (Å²) >= 11 is 0. The van der Waals surface area contributed by atoms with Crippen molar-refractivity contribution in [1.82, 2.24) is 0 Å². The highest BCUT2D eigenvalue weighted by Gasteiger charge is 2.19. The summed E-state index contributed by atoms with van der Waals surface area (Å²) in [6.45, 7) is 0.241. The number of nitrogens with zero attached hydrogens (tertiary/aromatic N) is 1. The van der Waals surface area contributed by atoms with E-state index in [1.54, 1.807) is 0 Å². The number of non-ortho nitro benzene ring substituents is 1. The van der Waals surface area contributed by atoms with Gasteiger partial charge in [-0.05, 0) is 13.0 Å². The number of hydrogen-bond donors (Lipinski definition) is 3. The quantitative estimate of drug-likeness (QED) is 0.559. The maximum absolute atomic E-state index is 13.2. The number of aromatic hydroxyl groups is 1. The number of nitro groups is 1. The van der Waals surface area contributed by atoms with Crippen LogP contribution in [0.25, 0.3) is 0 Å². The molecule has 1 atom stereocenters. The molecule has 0 saturated heterocycles. The van der Waals surface area contributed by atoms with Crippen LogP contribution in [0.4, 0.5) is 10.1 Å². The van der Waals surface area contributed by atoms with Crippen LogP contribution < -0.4 is 11.5 Å². The third-order valence-corrected chi connectivity index (χ3v) is 2.17. The largest absolute Gasteiger partial charge is 0.505 e. The Labute approximate surface area is 103 Å². The first kappa shape index (κ1) is 15.6. The van der Waals surface area contributed by atoms with E-state index < -0.39 is 28.2 Å². The van der Waals surface area contributed by atoms with Gasteiger partial charge in [0.1, 0.15) is 0 Å². The van der Waals surface area contributed by atoms with E-state index in [9.17, 15) is 19.6 Å². The van der Waals surface area contributed by atoms with Crippen molar-refractivity contribution in [2.75, 3.05) is 6.54 Å². The van der Waals surface area contributed by atoms with Gasteiger partial charge in [0.05, 0.1) is 11.0 Å². The Bertz CT molecular complexity index is 417. The fourth-order valence-electron chi connectivity index (χ4n) is 1.33. The van der Waals surface area contributed by atoms with Crippen LogP contribution in [0.3, 0.4) is 0 Å². The number of benzene rings is 1. The first-order valence-electron chi connectivity index (χ1n) is 4.59. The number of halogens is 2. The van der Waals surface area contributed by atoms with E-state index in [0.717, 1.165) is 6.07 Å². The molecule has 17 heavy (non-hydrogen) atoms. The van der Waals surface area contributed by atoms with Gasteiger partial charge in [-0.25, -0.2) is 4.39 Å². The van der Waals surface area contributed by atoms with Gasteiger partial charge >= 0.3 is 0 Å². The molecule has 1 aromatic rings. The lowest BCUT2D eigenvalue weighted by Crippen LogP contribution is -2.16. The SMILES string of the molecule is Cl.NCC[C@H](N)c1cc([N+](=O)[O-])cc(F)c1O. The van der Waals surface area contributed by atoms with Gasteiger partial charge in [0, 0.05) is 17.7 Å². The Morgan fingerprint density at radius 3 is 2.59 bits per heavy atom. The molecule has 96 valence electrons. The maximum atomic E-state index is 13.2. The molecule has 8 heteroatoms. The van der Waals surface area contributed by atoms with E-state index in [1.165, 1.54) is 0 Å². The van der Waals surface area contributed by atoms with Gasteiger partial charge in [-0.1, -0.05) is 0 Å². The molecule has 0 radical (unpaired) electrons. The molecule has 0 spiro atoms. The minimum Gasteiger partial charge on any atom is -0.505 e. The zero-order valence-corrected chi connectivity index (χ0v) is 9.61. The molecular weight excluding hydrogens is 253 g/mol. The number of nitro benzene ring substituents is 1. The first-order chi connectivity index (χ1) is 7.47. The molecule has 0 fully saturated rings. The maximum Gasteiger partial charge on any atom is 0.272 e. The van der Waals surface area contributed by atoms with E-state index in [4.69, 9.17) is 11.5 Å². The van der Waals surface area contributed by atoms with Crippen LogP contribution in [0, 0.1) is 15.9 Å². The van der Waals surface area contributed by atoms with E-state index in [1.807, 2.05) is 0 Å². The average molecular weight is 266 g/mol. The van der Waals surface area contributed by atoms with Crippen LogP contribution >= 0.6 is 12.4 Å². The lowest BCUT2D eigenvalue weighted by Gasteiger charge is -2.12. The summed E-state index contributed by atoms with van der Waals surface area (Å²) in [5, 5.41) is 19.9. The number of rotatable bonds is 4. The van der Waals surface area contributed by atoms with Gasteiger partial charge in [-0.3, -0.25) is 10.1 Å². The van der Waals surface area contributed by atoms with Crippen molar-refractivity contribution in [2.45, 2.75) is 12.5 Å². The van der Waals surface area contributed by atoms with Crippen LogP contribution in [0.5, 0.6) is 5.75 Å². The zero-order chi connectivity index (χ0) is 12.3. The fourth-order valence-corrected chi connectivity index (χ4v) is 1.33. The van der Waals surface area contributed by atoms with Crippen molar-refractivity contribution in [2.24, 2.45) is 11.5 Å². The summed E-state index contributed by atoms with van der Waals surface area (Å²) < 4.78 is 13.2. The predicted molar refractivity (Wildman–Crippen MR) is 62.6 cm³/mol. The molecule has 5 N–H and O–H groups in total. The van der Waals surface area contributed by atoms with Gasteiger partial charge in [0.2, 0.25) is 0 Å². The van der Waals surface area contributed by atoms with Crippen molar-refractivity contribution >= 4 is 18.1 Å². The van der Waals surface area contributed by atoms with E-state index in [-0.39, 0.29) is 24.5 Å². The summed E-state index contributed by atoms with van der Waals surface area (Å²) in [7, 11) is 0. The molecule has 0 aliphatic heterocycles. The summed E-state index contributed by atoms with van der Waals surface area (Å²) in [5.41, 5.74) is 10.4. The normalized spacial score (nSPS) is 11.7. The summed E-state index contributed by atoms with van der Waals surface area (Å²) in [6.07, 6.45) is 0.300. The molecule has 1 aromatic carbocycles. The van der Waals surface area contributed by atoms with Crippen LogP contribution in [0.2, 0.25) is 0 Å². The van der Waals surface area contributed by atoms with Crippen molar-refractivity contribution in [3.05, 3.63) is 33.6 Å². The molecule has 0 amide bonds. The summed E-state index contributed by atoms with van der Waals surface area (Å²) in [5.74, 6) is -1.72. The Morgan fingerprint density at radius 1 is 1.53 bits per heavy atom. The second-order valence-corrected chi connectivity index (χ2v) is 3.31. The number of phenols is 1. The average Bonchev–Trinajstić information content (AvgIpc) is 2.21. The molecule has 0 aliphatic carbocycles. The predicted octanol–water partition coefficient (Wildman–Crippen LogP) is 1.21. The standard InChI is InChI=1S/C9H12FN3O3.ClH/c10-7-4-5(13(15)16)3-6(9(7)14)8(12)1-2-11;/h3-4,8,14H,1-2,11-12H2;1H/t8-;/m0./s1. The number of hydrogen-bond acceptors (Lipinski definition) is 5. The number of phenolic OH excluding ortho intramolecular Hbond substituents is 1. The molecule has 0 saturated carbocycles. The lowest BCUT2D eigenvalue weighted by atomic mass is 10.0. The van der Waals surface area contributed by atoms with Crippen molar-refractivity contribution < 1.29 is 14.4 Å². The Kier molecular flexibility index (Phi) is 5.80. The van der Waals surface area contributed by atoms with Gasteiger partial charge in [0.15, 0.2) is 11.6 Å². The van der Waals surface area contributed by atoms with Gasteiger partial charge in [0.25, 0.3) is 5.69 Å². The highest BCUT2D eigenvalue weighted by Crippen LogP contribution is 2.31. The van der Waals surface area contributed by atoms with Crippen LogP contribution in [0.15, 0.2) is 12.1 Å². The lowest BCUT2D eigenvalue weighted by molar-refractivity contribution is -0.385. The molecule has 6 nitrogen and oxygen atoms in total. The zero-order valence-electron chi connectivity index (χ0n) is 8.80. The van der Waals surface area contributed by atoms with Crippen LogP contribution in [-0.4, -0.2) is 16.6 Å². The Hall–Kier alpha value is -1.44. The highest BCUT2D eigenvalue weighted by molar-refractivity contribution is 5.85. The Balaban J connectivity index is 0.00000256. The molecular formula is C9H13ClFN3O3. The summed E-state index contributed by atoms with van der Waals surface area (Å²) in [4.78, 5) is 9.74. The highest BCUT2D eigenvalue weighted by atomic mass is 35.5. The van der Waals surface area contributed by atoms with Gasteiger partial charge in [-0.2, -0.15) is 0 Å². The van der Waals surface area contributed by atoms with Crippen LogP contribution in [-0.2, 0) is 0 Å². The first-order valence-corrected chi connectivity index (χ1v) is 4.59. The smallest absolute Gasteiger partial charge is 0.272 e. The monoisotopic (exact) mass is 265 g/mol. The summed E-state index contributed by atoms with van der Waals surface area (Å²) in [6, 6.07) is 0.978. The molecule has 0 unspecified atom stereocenters.